The monoisotopic (exact) mass is 1270 g/mol. The fraction of sp³-hybridized carbons (Fsp3) is 0.797. The lowest BCUT2D eigenvalue weighted by Gasteiger charge is -2.27. The third-order valence-electron chi connectivity index (χ3n) is 18.8. The van der Waals surface area contributed by atoms with E-state index in [0.717, 1.165) is 79.6 Å². The molecule has 0 saturated heterocycles. The number of hydrogen-bond acceptors (Lipinski definition) is 12. The van der Waals surface area contributed by atoms with Crippen LogP contribution in [-0.4, -0.2) is 185 Å². The standard InChI is InChI=1S/C9H18.3C8H12N2.C8H17N.3C7H15N.2C6H12ClN/c1-3-9-7-5-4-6-8(9)2;1-10(2)7-8-3-5-9-6-4-8;1-10(2)7-8-4-3-5-9-6-8;1-10(2)7-8-5-3-4-6-9-8;1-9(2)8-6-4-3-5-7-8;1-6-3-4-7(5-6)8-2;1-8(2)7-5-3-4-6-7;1-6-4-3-5-7(6)8-2;1-8-6-3-2-5(7)4-6;1-8-6-4-2-3-5(6)7/h8-9H,3-7H2,1-2H3;3*3-6H,7H2,1-2H3;8H,3-7H2,1-2H3;6-8H,3-5H2,1-2H3;7H,3-6H2,1-2H3;6-8H,3-5H2,1-2H3;2*5-6,8H,2-4H2,1H3. The highest BCUT2D eigenvalue weighted by atomic mass is 35.5. The number of alkyl halides is 2. The van der Waals surface area contributed by atoms with Gasteiger partial charge in [0.2, 0.25) is 0 Å². The molecule has 0 bridgehead atoms. The van der Waals surface area contributed by atoms with Gasteiger partial charge >= 0.3 is 0 Å². The molecule has 7 aliphatic rings. The average molecular weight is 1270 g/mol. The zero-order chi connectivity index (χ0) is 65.5. The SMILES string of the molecule is CCC1CCCCC1C.CN(C)C1CCCC1.CN(C)C1CCCCC1.CN(C)Cc1ccccn1.CN(C)Cc1cccnc1.CN(C)Cc1ccncc1.CNC1CCC(C)C1.CNC1CCC(Cl)C1.CNC1CCCC1C.CNC1CCCC1Cl. The molecule has 0 radical (unpaired) electrons. The van der Waals surface area contributed by atoms with Crippen molar-refractivity contribution in [2.24, 2.45) is 23.7 Å². The maximum Gasteiger partial charge on any atom is 0.0543 e. The summed E-state index contributed by atoms with van der Waals surface area (Å²) >= 11 is 11.8. The Morgan fingerprint density at radius 2 is 0.966 bits per heavy atom. The summed E-state index contributed by atoms with van der Waals surface area (Å²) in [7, 11) is 29.1. The molecule has 12 nitrogen and oxygen atoms in total. The zero-order valence-corrected chi connectivity index (χ0v) is 61.7. The van der Waals surface area contributed by atoms with Crippen LogP contribution in [0.25, 0.3) is 0 Å². The summed E-state index contributed by atoms with van der Waals surface area (Å²) in [4.78, 5) is 23.2. The van der Waals surface area contributed by atoms with Crippen LogP contribution < -0.4 is 21.3 Å². The number of halogens is 2. The first-order valence-electron chi connectivity index (χ1n) is 35.1. The highest BCUT2D eigenvalue weighted by Gasteiger charge is 2.24. The quantitative estimate of drug-likeness (QED) is 0.123. The van der Waals surface area contributed by atoms with E-state index in [9.17, 15) is 0 Å². The van der Waals surface area contributed by atoms with Crippen LogP contribution in [-0.2, 0) is 19.6 Å². The van der Waals surface area contributed by atoms with E-state index in [0.29, 0.717) is 22.8 Å². The van der Waals surface area contributed by atoms with Gasteiger partial charge in [-0.3, -0.25) is 15.0 Å². The highest BCUT2D eigenvalue weighted by molar-refractivity contribution is 6.21. The molecule has 7 fully saturated rings. The molecule has 4 N–H and O–H groups in total. The predicted molar refractivity (Wildman–Crippen MR) is 387 cm³/mol. The van der Waals surface area contributed by atoms with Gasteiger partial charge in [0.1, 0.15) is 0 Å². The van der Waals surface area contributed by atoms with Crippen LogP contribution in [0.1, 0.15) is 211 Å². The van der Waals surface area contributed by atoms with E-state index in [1.165, 1.54) is 172 Å². The minimum absolute atomic E-state index is 0.389. The summed E-state index contributed by atoms with van der Waals surface area (Å²) in [6, 6.07) is 18.7. The Morgan fingerprint density at radius 1 is 0.443 bits per heavy atom. The molecule has 3 heterocycles. The van der Waals surface area contributed by atoms with Crippen LogP contribution in [0.15, 0.2) is 73.4 Å². The Balaban J connectivity index is 0.000000489. The Morgan fingerprint density at radius 3 is 1.32 bits per heavy atom. The normalized spacial score (nSPS) is 25.6. The fourth-order valence-corrected chi connectivity index (χ4v) is 13.8. The first kappa shape index (κ1) is 83.7. The van der Waals surface area contributed by atoms with Gasteiger partial charge < -0.3 is 45.8 Å². The topological polar surface area (TPSA) is 103 Å². The van der Waals surface area contributed by atoms with Gasteiger partial charge in [-0.25, -0.2) is 0 Å². The van der Waals surface area contributed by atoms with E-state index in [4.69, 9.17) is 23.2 Å². The van der Waals surface area contributed by atoms with Crippen molar-refractivity contribution in [2.45, 2.75) is 261 Å². The van der Waals surface area contributed by atoms with Gasteiger partial charge in [-0.15, -0.1) is 23.2 Å². The molecule has 14 heteroatoms. The van der Waals surface area contributed by atoms with Gasteiger partial charge in [0.15, 0.2) is 0 Å². The molecule has 0 spiro atoms. The van der Waals surface area contributed by atoms with Crippen molar-refractivity contribution >= 4 is 23.2 Å². The predicted octanol–water partition coefficient (Wildman–Crippen LogP) is 15.5. The minimum Gasteiger partial charge on any atom is -0.317 e. The molecular weight excluding hydrogens is 1130 g/mol. The Bertz CT molecular complexity index is 1810. The van der Waals surface area contributed by atoms with Crippen molar-refractivity contribution in [1.29, 1.82) is 0 Å². The van der Waals surface area contributed by atoms with Crippen molar-refractivity contribution in [2.75, 3.05) is 98.7 Å². The summed E-state index contributed by atoms with van der Waals surface area (Å²) in [6.45, 7) is 12.3. The molecule has 10 unspecified atom stereocenters. The molecule has 88 heavy (non-hydrogen) atoms. The third kappa shape index (κ3) is 42.7. The van der Waals surface area contributed by atoms with Gasteiger partial charge in [0.05, 0.1) is 5.69 Å². The lowest BCUT2D eigenvalue weighted by atomic mass is 9.79. The molecule has 0 amide bonds. The second kappa shape index (κ2) is 53.1. The lowest BCUT2D eigenvalue weighted by Crippen LogP contribution is -2.29. The second-order valence-corrected chi connectivity index (χ2v) is 29.0. The summed E-state index contributed by atoms with van der Waals surface area (Å²) in [6.07, 6.45) is 45.2. The molecule has 3 aromatic heterocycles. The van der Waals surface area contributed by atoms with Crippen LogP contribution in [0.3, 0.4) is 0 Å². The number of pyridine rings is 3. The summed E-state index contributed by atoms with van der Waals surface area (Å²) < 4.78 is 0. The molecular formula is C74H140Cl2N12. The lowest BCUT2D eigenvalue weighted by molar-refractivity contribution is 0.229. The van der Waals surface area contributed by atoms with E-state index >= 15 is 0 Å². The van der Waals surface area contributed by atoms with Crippen molar-refractivity contribution in [1.82, 2.24) is 60.7 Å². The van der Waals surface area contributed by atoms with E-state index in [2.05, 4.69) is 151 Å². The molecule has 0 aromatic carbocycles. The van der Waals surface area contributed by atoms with Crippen LogP contribution in [0.2, 0.25) is 0 Å². The van der Waals surface area contributed by atoms with Crippen LogP contribution in [0.5, 0.6) is 0 Å². The molecule has 7 aliphatic carbocycles. The molecule has 10 atom stereocenters. The first-order chi connectivity index (χ1) is 42.2. The Hall–Kier alpha value is -2.33. The largest absolute Gasteiger partial charge is 0.317 e. The van der Waals surface area contributed by atoms with Crippen molar-refractivity contribution in [3.8, 4) is 0 Å². The van der Waals surface area contributed by atoms with Crippen molar-refractivity contribution in [3.05, 3.63) is 90.3 Å². The second-order valence-electron chi connectivity index (χ2n) is 27.8. The average Bonchev–Trinajstić information content (AvgIpc) is 4.46. The number of aromatic nitrogens is 3. The van der Waals surface area contributed by atoms with Gasteiger partial charge in [0.25, 0.3) is 0 Å². The van der Waals surface area contributed by atoms with Gasteiger partial charge in [0, 0.05) is 97.6 Å². The van der Waals surface area contributed by atoms with E-state index < -0.39 is 0 Å². The number of nitrogens with one attached hydrogen (secondary N) is 4. The van der Waals surface area contributed by atoms with E-state index in [1.54, 1.807) is 6.20 Å². The first-order valence-corrected chi connectivity index (χ1v) is 35.9. The van der Waals surface area contributed by atoms with Crippen LogP contribution in [0.4, 0.5) is 0 Å². The molecule has 7 saturated carbocycles. The van der Waals surface area contributed by atoms with Gasteiger partial charge in [-0.1, -0.05) is 117 Å². The Kier molecular flexibility index (Phi) is 50.5. The van der Waals surface area contributed by atoms with Crippen molar-refractivity contribution < 1.29 is 0 Å². The summed E-state index contributed by atoms with van der Waals surface area (Å²) in [5, 5.41) is 13.8. The minimum atomic E-state index is 0.389. The van der Waals surface area contributed by atoms with Crippen molar-refractivity contribution in [3.63, 3.8) is 0 Å². The summed E-state index contributed by atoms with van der Waals surface area (Å²) in [5.74, 6) is 3.95. The molecule has 510 valence electrons. The van der Waals surface area contributed by atoms with Crippen LogP contribution >= 0.6 is 23.2 Å². The maximum atomic E-state index is 5.92. The highest BCUT2D eigenvalue weighted by Crippen LogP contribution is 2.31. The molecule has 3 aromatic rings. The van der Waals surface area contributed by atoms with E-state index in [-0.39, 0.29) is 0 Å². The van der Waals surface area contributed by atoms with Crippen LogP contribution in [0, 0.1) is 23.7 Å². The van der Waals surface area contributed by atoms with Gasteiger partial charge in [-0.05, 0) is 254 Å². The summed E-state index contributed by atoms with van der Waals surface area (Å²) in [5.41, 5.74) is 3.68. The molecule has 0 aliphatic heterocycles. The third-order valence-corrected chi connectivity index (χ3v) is 19.7. The smallest absolute Gasteiger partial charge is 0.0543 e. The fourth-order valence-electron chi connectivity index (χ4n) is 13.0. The molecule has 10 rings (SSSR count). The zero-order valence-electron chi connectivity index (χ0n) is 60.2. The van der Waals surface area contributed by atoms with Gasteiger partial charge in [-0.2, -0.15) is 0 Å². The maximum absolute atomic E-state index is 5.92. The van der Waals surface area contributed by atoms with E-state index in [1.807, 2.05) is 103 Å². The Labute approximate surface area is 554 Å². The number of hydrogen-bond donors (Lipinski definition) is 4. The number of nitrogens with zero attached hydrogens (tertiary/aromatic N) is 8. The number of rotatable bonds is 13.